The lowest BCUT2D eigenvalue weighted by molar-refractivity contribution is -0.148. The molecule has 2 amide bonds. The molecule has 1 rings (SSSR count). The molecule has 0 unspecified atom stereocenters. The van der Waals surface area contributed by atoms with Gasteiger partial charge in [-0.15, -0.1) is 0 Å². The summed E-state index contributed by atoms with van der Waals surface area (Å²) < 4.78 is 37.1. The maximum absolute atomic E-state index is 12.4. The van der Waals surface area contributed by atoms with Gasteiger partial charge in [0.1, 0.15) is 13.1 Å². The highest BCUT2D eigenvalue weighted by molar-refractivity contribution is 5.91. The van der Waals surface area contributed by atoms with Gasteiger partial charge >= 0.3 is 18.2 Å². The Kier molecular flexibility index (Phi) is 5.17. The fourth-order valence-electron chi connectivity index (χ4n) is 1.83. The van der Waals surface area contributed by atoms with Gasteiger partial charge in [-0.3, -0.25) is 4.79 Å². The van der Waals surface area contributed by atoms with Gasteiger partial charge in [-0.05, 0) is 37.1 Å². The third kappa shape index (κ3) is 6.15. The Bertz CT molecular complexity index is 524. The van der Waals surface area contributed by atoms with Crippen molar-refractivity contribution in [2.45, 2.75) is 20.0 Å². The van der Waals surface area contributed by atoms with Crippen LogP contribution in [-0.4, -0.2) is 41.3 Å². The van der Waals surface area contributed by atoms with E-state index in [9.17, 15) is 22.8 Å². The van der Waals surface area contributed by atoms with Gasteiger partial charge in [0, 0.05) is 5.69 Å². The van der Waals surface area contributed by atoms with Crippen molar-refractivity contribution in [3.05, 3.63) is 29.3 Å². The number of nitrogens with zero attached hydrogens (tertiary/aromatic N) is 1. The van der Waals surface area contributed by atoms with Crippen LogP contribution in [0, 0.1) is 13.8 Å². The van der Waals surface area contributed by atoms with Crippen LogP contribution >= 0.6 is 0 Å². The molecule has 8 heteroatoms. The zero-order valence-electron chi connectivity index (χ0n) is 11.5. The van der Waals surface area contributed by atoms with Gasteiger partial charge in [0.2, 0.25) is 0 Å². The highest BCUT2D eigenvalue weighted by atomic mass is 19.4. The molecule has 0 fully saturated rings. The lowest BCUT2D eigenvalue weighted by Gasteiger charge is -2.22. The number of carboxylic acids is 1. The number of carbonyl (C=O) groups is 2. The minimum absolute atomic E-state index is 0.194. The average Bonchev–Trinajstić information content (AvgIpc) is 2.23. The summed E-state index contributed by atoms with van der Waals surface area (Å²) in [5, 5.41) is 10.9. The Morgan fingerprint density at radius 3 is 2.14 bits per heavy atom. The molecule has 2 N–H and O–H groups in total. The van der Waals surface area contributed by atoms with Crippen LogP contribution in [0.1, 0.15) is 11.1 Å². The third-order valence-corrected chi connectivity index (χ3v) is 2.46. The molecular weight excluding hydrogens is 289 g/mol. The van der Waals surface area contributed by atoms with Crippen molar-refractivity contribution in [3.63, 3.8) is 0 Å². The summed E-state index contributed by atoms with van der Waals surface area (Å²) in [7, 11) is 0. The van der Waals surface area contributed by atoms with E-state index in [4.69, 9.17) is 5.11 Å². The van der Waals surface area contributed by atoms with Crippen LogP contribution in [0.5, 0.6) is 0 Å². The van der Waals surface area contributed by atoms with E-state index in [-0.39, 0.29) is 4.90 Å². The number of aryl methyl sites for hydroxylation is 2. The largest absolute Gasteiger partial charge is 0.480 e. The molecule has 116 valence electrons. The molecular formula is C13H15F3N2O3. The smallest absolute Gasteiger partial charge is 0.406 e. The van der Waals surface area contributed by atoms with Crippen LogP contribution in [0.2, 0.25) is 0 Å². The van der Waals surface area contributed by atoms with Crippen molar-refractivity contribution in [2.24, 2.45) is 0 Å². The highest BCUT2D eigenvalue weighted by Crippen LogP contribution is 2.18. The number of halogens is 3. The van der Waals surface area contributed by atoms with Crippen LogP contribution in [0.25, 0.3) is 0 Å². The van der Waals surface area contributed by atoms with E-state index in [1.54, 1.807) is 26.0 Å². The predicted molar refractivity (Wildman–Crippen MR) is 70.2 cm³/mol. The second-order valence-corrected chi connectivity index (χ2v) is 4.67. The minimum Gasteiger partial charge on any atom is -0.480 e. The van der Waals surface area contributed by atoms with E-state index in [0.717, 1.165) is 11.1 Å². The first kappa shape index (κ1) is 16.8. The van der Waals surface area contributed by atoms with Crippen molar-refractivity contribution in [3.8, 4) is 0 Å². The summed E-state index contributed by atoms with van der Waals surface area (Å²) in [5.41, 5.74) is 1.96. The fraction of sp³-hybridized carbons (Fsp3) is 0.385. The number of amides is 2. The SMILES string of the molecule is Cc1cc(C)cc(NC(=O)N(CC(=O)O)CC(F)(F)F)c1. The zero-order valence-corrected chi connectivity index (χ0v) is 11.5. The number of hydrogen-bond donors (Lipinski definition) is 2. The fourth-order valence-corrected chi connectivity index (χ4v) is 1.83. The van der Waals surface area contributed by atoms with Crippen LogP contribution in [0.3, 0.4) is 0 Å². The molecule has 0 bridgehead atoms. The molecule has 0 heterocycles. The Morgan fingerprint density at radius 2 is 1.71 bits per heavy atom. The normalized spacial score (nSPS) is 11.1. The van der Waals surface area contributed by atoms with E-state index >= 15 is 0 Å². The van der Waals surface area contributed by atoms with E-state index in [1.807, 2.05) is 6.07 Å². The summed E-state index contributed by atoms with van der Waals surface area (Å²) in [4.78, 5) is 22.6. The Morgan fingerprint density at radius 1 is 1.19 bits per heavy atom. The summed E-state index contributed by atoms with van der Waals surface area (Å²) in [6.07, 6.45) is -4.67. The highest BCUT2D eigenvalue weighted by Gasteiger charge is 2.34. The number of aliphatic carboxylic acids is 1. The van der Waals surface area contributed by atoms with Gasteiger partial charge in [0.05, 0.1) is 0 Å². The van der Waals surface area contributed by atoms with Gasteiger partial charge in [-0.25, -0.2) is 4.79 Å². The molecule has 0 atom stereocenters. The first-order valence-electron chi connectivity index (χ1n) is 5.99. The Labute approximate surface area is 119 Å². The number of urea groups is 1. The van der Waals surface area contributed by atoms with Crippen molar-refractivity contribution in [1.29, 1.82) is 0 Å². The molecule has 0 aliphatic rings. The number of alkyl halides is 3. The van der Waals surface area contributed by atoms with Crippen LogP contribution in [0.15, 0.2) is 18.2 Å². The molecule has 0 aliphatic heterocycles. The van der Waals surface area contributed by atoms with Gasteiger partial charge < -0.3 is 15.3 Å². The third-order valence-electron chi connectivity index (χ3n) is 2.46. The summed E-state index contributed by atoms with van der Waals surface area (Å²) >= 11 is 0. The molecule has 5 nitrogen and oxygen atoms in total. The van der Waals surface area contributed by atoms with E-state index in [1.165, 1.54) is 0 Å². The molecule has 0 saturated heterocycles. The van der Waals surface area contributed by atoms with Crippen LogP contribution in [0.4, 0.5) is 23.7 Å². The second kappa shape index (κ2) is 6.47. The lowest BCUT2D eigenvalue weighted by atomic mass is 10.1. The van der Waals surface area contributed by atoms with Gasteiger partial charge in [-0.2, -0.15) is 13.2 Å². The molecule has 21 heavy (non-hydrogen) atoms. The monoisotopic (exact) mass is 304 g/mol. The zero-order chi connectivity index (χ0) is 16.2. The Balaban J connectivity index is 2.87. The first-order valence-corrected chi connectivity index (χ1v) is 5.99. The molecule has 0 saturated carbocycles. The van der Waals surface area contributed by atoms with Crippen LogP contribution in [-0.2, 0) is 4.79 Å². The summed E-state index contributed by atoms with van der Waals surface area (Å²) in [6.45, 7) is 0.882. The van der Waals surface area contributed by atoms with E-state index in [0.29, 0.717) is 5.69 Å². The van der Waals surface area contributed by atoms with Gasteiger partial charge in [0.15, 0.2) is 0 Å². The van der Waals surface area contributed by atoms with E-state index < -0.39 is 31.3 Å². The van der Waals surface area contributed by atoms with Gasteiger partial charge in [0.25, 0.3) is 0 Å². The van der Waals surface area contributed by atoms with E-state index in [2.05, 4.69) is 5.32 Å². The molecule has 0 radical (unpaired) electrons. The number of benzene rings is 1. The van der Waals surface area contributed by atoms with Crippen molar-refractivity contribution < 1.29 is 27.9 Å². The van der Waals surface area contributed by atoms with Crippen molar-refractivity contribution in [2.75, 3.05) is 18.4 Å². The average molecular weight is 304 g/mol. The summed E-state index contributed by atoms with van der Waals surface area (Å²) in [6, 6.07) is 3.88. The lowest BCUT2D eigenvalue weighted by Crippen LogP contribution is -2.44. The van der Waals surface area contributed by atoms with Gasteiger partial charge in [-0.1, -0.05) is 6.07 Å². The number of carbonyl (C=O) groups excluding carboxylic acids is 1. The summed E-state index contributed by atoms with van der Waals surface area (Å²) in [5.74, 6) is -1.52. The standard InChI is InChI=1S/C13H15F3N2O3/c1-8-3-9(2)5-10(4-8)17-12(21)18(6-11(19)20)7-13(14,15)16/h3-5H,6-7H2,1-2H3,(H,17,21)(H,19,20). The molecule has 0 spiro atoms. The molecule has 0 aromatic heterocycles. The number of hydrogen-bond acceptors (Lipinski definition) is 2. The Hall–Kier alpha value is -2.25. The number of carboxylic acid groups (broad SMARTS) is 1. The number of nitrogens with one attached hydrogen (secondary N) is 1. The molecule has 1 aromatic rings. The second-order valence-electron chi connectivity index (χ2n) is 4.67. The molecule has 0 aliphatic carbocycles. The topological polar surface area (TPSA) is 69.6 Å². The van der Waals surface area contributed by atoms with Crippen LogP contribution < -0.4 is 5.32 Å². The van der Waals surface area contributed by atoms with Crippen molar-refractivity contribution >= 4 is 17.7 Å². The minimum atomic E-state index is -4.67. The van der Waals surface area contributed by atoms with Crippen molar-refractivity contribution in [1.82, 2.24) is 4.90 Å². The predicted octanol–water partition coefficient (Wildman–Crippen LogP) is 2.78. The maximum Gasteiger partial charge on any atom is 0.406 e. The number of rotatable bonds is 4. The quantitative estimate of drug-likeness (QED) is 0.898. The number of anilines is 1. The first-order chi connectivity index (χ1) is 9.56. The maximum atomic E-state index is 12.4. The molecule has 1 aromatic carbocycles.